The van der Waals surface area contributed by atoms with Gasteiger partial charge in [-0.3, -0.25) is 4.99 Å². The van der Waals surface area contributed by atoms with E-state index in [4.69, 9.17) is 0 Å². The molecule has 3 rings (SSSR count). The van der Waals surface area contributed by atoms with Gasteiger partial charge in [0.1, 0.15) is 0 Å². The Morgan fingerprint density at radius 3 is 2.65 bits per heavy atom. The Balaban J connectivity index is 1.63. The van der Waals surface area contributed by atoms with Crippen LogP contribution in [0.15, 0.2) is 47.5 Å². The molecule has 0 radical (unpaired) electrons. The van der Waals surface area contributed by atoms with Crippen molar-refractivity contribution in [2.75, 3.05) is 13.6 Å². The fraction of sp³-hybridized carbons (Fsp3) is 0.333. The molecule has 2 N–H and O–H groups in total. The topological polar surface area (TPSA) is 49.3 Å². The van der Waals surface area contributed by atoms with Gasteiger partial charge in [-0.2, -0.15) is 0 Å². The van der Waals surface area contributed by atoms with Crippen molar-refractivity contribution in [3.05, 3.63) is 63.6 Å². The van der Waals surface area contributed by atoms with Gasteiger partial charge < -0.3 is 10.6 Å². The Hall–Kier alpha value is -2.40. The van der Waals surface area contributed by atoms with E-state index in [9.17, 15) is 0 Å². The van der Waals surface area contributed by atoms with Crippen LogP contribution in [0, 0.1) is 13.8 Å². The van der Waals surface area contributed by atoms with Crippen LogP contribution in [0.25, 0.3) is 10.8 Å². The summed E-state index contributed by atoms with van der Waals surface area (Å²) < 4.78 is 0. The average Bonchev–Trinajstić information content (AvgIpc) is 2.97. The molecule has 26 heavy (non-hydrogen) atoms. The molecule has 3 aromatic rings. The number of nitrogens with zero attached hydrogens (tertiary/aromatic N) is 2. The maximum atomic E-state index is 4.49. The highest BCUT2D eigenvalue weighted by Crippen LogP contribution is 2.24. The summed E-state index contributed by atoms with van der Waals surface area (Å²) in [4.78, 5) is 10.2. The van der Waals surface area contributed by atoms with Gasteiger partial charge in [0.25, 0.3) is 0 Å². The monoisotopic (exact) mass is 366 g/mol. The zero-order valence-corrected chi connectivity index (χ0v) is 16.7. The lowest BCUT2D eigenvalue weighted by atomic mass is 10.00. The quantitative estimate of drug-likeness (QED) is 0.520. The molecule has 1 aromatic heterocycles. The van der Waals surface area contributed by atoms with E-state index in [0.717, 1.165) is 29.6 Å². The van der Waals surface area contributed by atoms with Crippen molar-refractivity contribution >= 4 is 28.1 Å². The number of nitrogens with one attached hydrogen (secondary N) is 2. The summed E-state index contributed by atoms with van der Waals surface area (Å²) in [5, 5.41) is 10.6. The second-order valence-corrected chi connectivity index (χ2v) is 7.71. The van der Waals surface area contributed by atoms with E-state index in [1.54, 1.807) is 11.3 Å². The van der Waals surface area contributed by atoms with Crippen LogP contribution in [0.4, 0.5) is 0 Å². The lowest BCUT2D eigenvalue weighted by molar-refractivity contribution is 0.689. The Labute approximate surface area is 159 Å². The Kier molecular flexibility index (Phi) is 5.89. The minimum Gasteiger partial charge on any atom is -0.356 e. The van der Waals surface area contributed by atoms with Crippen molar-refractivity contribution < 1.29 is 0 Å². The lowest BCUT2D eigenvalue weighted by Gasteiger charge is -2.19. The Bertz CT molecular complexity index is 908. The Morgan fingerprint density at radius 1 is 1.15 bits per heavy atom. The summed E-state index contributed by atoms with van der Waals surface area (Å²) in [6.07, 6.45) is 0.959. The predicted octanol–water partition coefficient (Wildman–Crippen LogP) is 4.38. The number of aryl methyl sites for hydroxylation is 2. The maximum Gasteiger partial charge on any atom is 0.191 e. The summed E-state index contributed by atoms with van der Waals surface area (Å²) in [5.74, 6) is 0.823. The van der Waals surface area contributed by atoms with Gasteiger partial charge in [0.05, 0.1) is 16.7 Å². The molecule has 0 aliphatic heterocycles. The van der Waals surface area contributed by atoms with E-state index >= 15 is 0 Å². The van der Waals surface area contributed by atoms with Crippen molar-refractivity contribution in [3.63, 3.8) is 0 Å². The molecule has 1 heterocycles. The fourth-order valence-corrected chi connectivity index (χ4v) is 4.14. The molecule has 0 amide bonds. The zero-order chi connectivity index (χ0) is 18.5. The summed E-state index contributed by atoms with van der Waals surface area (Å²) in [6.45, 7) is 7.14. The fourth-order valence-electron chi connectivity index (χ4n) is 3.21. The first-order valence-electron chi connectivity index (χ1n) is 8.96. The molecule has 0 bridgehead atoms. The van der Waals surface area contributed by atoms with Gasteiger partial charge >= 0.3 is 0 Å². The minimum atomic E-state index is 0.166. The summed E-state index contributed by atoms with van der Waals surface area (Å²) >= 11 is 1.77. The molecule has 0 fully saturated rings. The third-order valence-electron chi connectivity index (χ3n) is 4.51. The van der Waals surface area contributed by atoms with Crippen LogP contribution in [-0.2, 0) is 6.42 Å². The number of rotatable bonds is 5. The first-order chi connectivity index (χ1) is 12.6. The van der Waals surface area contributed by atoms with Gasteiger partial charge in [-0.05, 0) is 37.1 Å². The standard InChI is InChI=1S/C21H26N4S/c1-14(18-11-7-9-17-8-5-6-10-19(17)18)25-21(22-4)23-13-12-20-15(2)24-16(3)26-20/h5-11,14H,12-13H2,1-4H3,(H2,22,23,25). The third-order valence-corrected chi connectivity index (χ3v) is 5.64. The van der Waals surface area contributed by atoms with E-state index in [1.165, 1.54) is 21.2 Å². The molecular weight excluding hydrogens is 340 g/mol. The second kappa shape index (κ2) is 8.32. The summed E-state index contributed by atoms with van der Waals surface area (Å²) in [7, 11) is 1.81. The number of hydrogen-bond donors (Lipinski definition) is 2. The maximum absolute atomic E-state index is 4.49. The number of benzene rings is 2. The van der Waals surface area contributed by atoms with Crippen LogP contribution in [0.2, 0.25) is 0 Å². The summed E-state index contributed by atoms with van der Waals surface area (Å²) in [6, 6.07) is 15.1. The van der Waals surface area contributed by atoms with Crippen LogP contribution in [0.5, 0.6) is 0 Å². The molecule has 0 saturated carbocycles. The highest BCUT2D eigenvalue weighted by molar-refractivity contribution is 7.11. The number of aliphatic imine (C=N–C) groups is 1. The molecule has 1 atom stereocenters. The van der Waals surface area contributed by atoms with E-state index in [1.807, 2.05) is 7.05 Å². The van der Waals surface area contributed by atoms with Crippen LogP contribution >= 0.6 is 11.3 Å². The molecule has 4 nitrogen and oxygen atoms in total. The van der Waals surface area contributed by atoms with E-state index in [-0.39, 0.29) is 6.04 Å². The molecule has 0 spiro atoms. The van der Waals surface area contributed by atoms with Gasteiger partial charge in [-0.15, -0.1) is 11.3 Å². The lowest BCUT2D eigenvalue weighted by Crippen LogP contribution is -2.39. The molecule has 0 aliphatic rings. The Morgan fingerprint density at radius 2 is 1.92 bits per heavy atom. The highest BCUT2D eigenvalue weighted by Gasteiger charge is 2.11. The van der Waals surface area contributed by atoms with Crippen molar-refractivity contribution in [2.24, 2.45) is 4.99 Å². The number of fused-ring (bicyclic) bond motifs is 1. The third kappa shape index (κ3) is 4.22. The zero-order valence-electron chi connectivity index (χ0n) is 15.8. The van der Waals surface area contributed by atoms with Gasteiger partial charge in [0.2, 0.25) is 0 Å². The van der Waals surface area contributed by atoms with Crippen LogP contribution in [-0.4, -0.2) is 24.5 Å². The van der Waals surface area contributed by atoms with Crippen LogP contribution < -0.4 is 10.6 Å². The molecule has 5 heteroatoms. The normalized spacial score (nSPS) is 13.0. The van der Waals surface area contributed by atoms with Gasteiger partial charge in [-0.1, -0.05) is 42.5 Å². The highest BCUT2D eigenvalue weighted by atomic mass is 32.1. The van der Waals surface area contributed by atoms with Crippen molar-refractivity contribution in [2.45, 2.75) is 33.2 Å². The van der Waals surface area contributed by atoms with Crippen LogP contribution in [0.3, 0.4) is 0 Å². The van der Waals surface area contributed by atoms with E-state index in [0.29, 0.717) is 0 Å². The van der Waals surface area contributed by atoms with E-state index in [2.05, 4.69) is 83.8 Å². The molecule has 0 saturated heterocycles. The largest absolute Gasteiger partial charge is 0.356 e. The van der Waals surface area contributed by atoms with Crippen LogP contribution in [0.1, 0.15) is 34.1 Å². The number of guanidine groups is 1. The van der Waals surface area contributed by atoms with Crippen molar-refractivity contribution in [1.82, 2.24) is 15.6 Å². The van der Waals surface area contributed by atoms with E-state index < -0.39 is 0 Å². The van der Waals surface area contributed by atoms with Crippen molar-refractivity contribution in [3.8, 4) is 0 Å². The molecular formula is C21H26N4S. The molecule has 0 aliphatic carbocycles. The minimum absolute atomic E-state index is 0.166. The van der Waals surface area contributed by atoms with Gasteiger partial charge in [0, 0.05) is 24.9 Å². The SMILES string of the molecule is CN=C(NCCc1sc(C)nc1C)NC(C)c1cccc2ccccc12. The number of thiazole rings is 1. The molecule has 1 unspecified atom stereocenters. The summed E-state index contributed by atoms with van der Waals surface area (Å²) in [5.41, 5.74) is 2.42. The second-order valence-electron chi connectivity index (χ2n) is 6.42. The van der Waals surface area contributed by atoms with Gasteiger partial charge in [-0.25, -0.2) is 4.98 Å². The average molecular weight is 367 g/mol. The first-order valence-corrected chi connectivity index (χ1v) is 9.78. The predicted molar refractivity (Wildman–Crippen MR) is 112 cm³/mol. The first kappa shape index (κ1) is 18.4. The smallest absolute Gasteiger partial charge is 0.191 e. The molecule has 136 valence electrons. The number of hydrogen-bond acceptors (Lipinski definition) is 3. The van der Waals surface area contributed by atoms with Gasteiger partial charge in [0.15, 0.2) is 5.96 Å². The molecule has 2 aromatic carbocycles. The van der Waals surface area contributed by atoms with Crippen molar-refractivity contribution in [1.29, 1.82) is 0 Å². The number of aromatic nitrogens is 1.